The number of benzene rings is 2. The summed E-state index contributed by atoms with van der Waals surface area (Å²) in [6.45, 7) is 12.7. The van der Waals surface area contributed by atoms with Gasteiger partial charge in [-0.2, -0.15) is 0 Å². The minimum absolute atomic E-state index is 0.264. The first-order valence-electron chi connectivity index (χ1n) is 14.1. The van der Waals surface area contributed by atoms with Gasteiger partial charge in [-0.15, -0.1) is 0 Å². The second kappa shape index (κ2) is 15.5. The fourth-order valence-electron chi connectivity index (χ4n) is 4.24. The zero-order valence-corrected chi connectivity index (χ0v) is 24.6. The van der Waals surface area contributed by atoms with Crippen molar-refractivity contribution >= 4 is 28.9 Å². The Labute approximate surface area is 246 Å². The minimum atomic E-state index is -0.468. The zero-order chi connectivity index (χ0) is 30.6. The highest BCUT2D eigenvalue weighted by molar-refractivity contribution is 5.87. The number of esters is 3. The van der Waals surface area contributed by atoms with Crippen LogP contribution in [0.5, 0.6) is 5.75 Å². The van der Waals surface area contributed by atoms with Crippen molar-refractivity contribution in [2.75, 3.05) is 13.2 Å². The average Bonchev–Trinajstić information content (AvgIpc) is 2.96. The average molecular weight is 575 g/mol. The minimum Gasteiger partial charge on any atom is -0.462 e. The number of hydrogen-bond donors (Lipinski definition) is 0. The number of unbranched alkanes of at least 4 members (excludes halogenated alkanes) is 2. The van der Waals surface area contributed by atoms with Crippen LogP contribution in [0.1, 0.15) is 64.0 Å². The van der Waals surface area contributed by atoms with Crippen molar-refractivity contribution in [3.05, 3.63) is 88.3 Å². The molecule has 0 N–H and O–H groups in total. The maximum absolute atomic E-state index is 13.1. The first-order valence-corrected chi connectivity index (χ1v) is 14.1. The summed E-state index contributed by atoms with van der Waals surface area (Å²) in [4.78, 5) is 48.0. The lowest BCUT2D eigenvalue weighted by Gasteiger charge is -2.12. The van der Waals surface area contributed by atoms with Gasteiger partial charge in [-0.25, -0.2) is 14.4 Å². The van der Waals surface area contributed by atoms with Gasteiger partial charge in [-0.1, -0.05) is 38.3 Å². The Balaban J connectivity index is 1.82. The Morgan fingerprint density at radius 3 is 1.98 bits per heavy atom. The lowest BCUT2D eigenvalue weighted by atomic mass is 9.97. The molecule has 3 aromatic rings. The third-order valence-corrected chi connectivity index (χ3v) is 6.52. The Bertz CT molecular complexity index is 1510. The third-order valence-electron chi connectivity index (χ3n) is 6.52. The molecular weight excluding hydrogens is 536 g/mol. The molecule has 0 saturated carbocycles. The predicted octanol–water partition coefficient (Wildman–Crippen LogP) is 6.66. The third kappa shape index (κ3) is 9.29. The number of rotatable bonds is 15. The molecule has 0 aliphatic rings. The highest BCUT2D eigenvalue weighted by Crippen LogP contribution is 2.28. The molecule has 0 amide bonds. The first-order chi connectivity index (χ1) is 20.1. The standard InChI is InChI=1S/C34H38O8/c1-6-30(35)41-28-15-13-25(14-16-28)29-21-27-20-24(11-7-9-17-39-32(36)22(2)3)19-26(31(27)42-34(29)38)12-8-10-18-40-33(37)23(4)5/h13-16,19-21H,2,4,6-12,17-18H2,1,3,5H3. The largest absolute Gasteiger partial charge is 0.462 e. The topological polar surface area (TPSA) is 109 Å². The van der Waals surface area contributed by atoms with Crippen LogP contribution in [0.4, 0.5) is 0 Å². The number of aryl methyl sites for hydroxylation is 2. The van der Waals surface area contributed by atoms with Crippen molar-refractivity contribution in [1.29, 1.82) is 0 Å². The Morgan fingerprint density at radius 2 is 1.40 bits per heavy atom. The van der Waals surface area contributed by atoms with Gasteiger partial charge in [-0.05, 0) is 93.3 Å². The van der Waals surface area contributed by atoms with Crippen molar-refractivity contribution < 1.29 is 33.0 Å². The Morgan fingerprint density at radius 1 is 0.810 bits per heavy atom. The van der Waals surface area contributed by atoms with Gasteiger partial charge in [0.05, 0.1) is 18.8 Å². The summed E-state index contributed by atoms with van der Waals surface area (Å²) < 4.78 is 21.5. The summed E-state index contributed by atoms with van der Waals surface area (Å²) in [5.41, 5.74) is 3.80. The second-order valence-electron chi connectivity index (χ2n) is 10.2. The van der Waals surface area contributed by atoms with Gasteiger partial charge in [0.2, 0.25) is 0 Å². The summed E-state index contributed by atoms with van der Waals surface area (Å²) in [6, 6.07) is 12.6. The maximum Gasteiger partial charge on any atom is 0.344 e. The number of carbonyl (C=O) groups is 3. The van der Waals surface area contributed by atoms with Crippen LogP contribution in [0.25, 0.3) is 22.1 Å². The quantitative estimate of drug-likeness (QED) is 0.0652. The van der Waals surface area contributed by atoms with Gasteiger partial charge < -0.3 is 18.6 Å². The van der Waals surface area contributed by atoms with Gasteiger partial charge >= 0.3 is 23.5 Å². The normalized spacial score (nSPS) is 10.7. The molecule has 42 heavy (non-hydrogen) atoms. The molecule has 222 valence electrons. The fraction of sp³-hybridized carbons (Fsp3) is 0.353. The molecule has 2 aromatic carbocycles. The van der Waals surface area contributed by atoms with Crippen LogP contribution >= 0.6 is 0 Å². The molecule has 0 aliphatic heterocycles. The Kier molecular flexibility index (Phi) is 11.8. The first kappa shape index (κ1) is 32.1. The molecule has 3 rings (SSSR count). The van der Waals surface area contributed by atoms with E-state index < -0.39 is 17.6 Å². The number of hydrogen-bond acceptors (Lipinski definition) is 8. The molecule has 0 atom stereocenters. The van der Waals surface area contributed by atoms with Crippen molar-refractivity contribution in [1.82, 2.24) is 0 Å². The lowest BCUT2D eigenvalue weighted by Crippen LogP contribution is -2.07. The summed E-state index contributed by atoms with van der Waals surface area (Å²) in [7, 11) is 0. The van der Waals surface area contributed by atoms with Crippen LogP contribution in [0.3, 0.4) is 0 Å². The molecule has 0 radical (unpaired) electrons. The molecule has 8 heteroatoms. The van der Waals surface area contributed by atoms with E-state index in [1.165, 1.54) is 0 Å². The summed E-state index contributed by atoms with van der Waals surface area (Å²) in [5, 5.41) is 0.793. The van der Waals surface area contributed by atoms with Gasteiger partial charge in [0.25, 0.3) is 0 Å². The van der Waals surface area contributed by atoms with E-state index in [-0.39, 0.29) is 19.0 Å². The van der Waals surface area contributed by atoms with Crippen molar-refractivity contribution in [3.63, 3.8) is 0 Å². The number of fused-ring (bicyclic) bond motifs is 1. The van der Waals surface area contributed by atoms with E-state index in [4.69, 9.17) is 18.6 Å². The molecule has 0 unspecified atom stereocenters. The van der Waals surface area contributed by atoms with E-state index in [9.17, 15) is 19.2 Å². The van der Waals surface area contributed by atoms with E-state index in [1.54, 1.807) is 45.0 Å². The second-order valence-corrected chi connectivity index (χ2v) is 10.2. The number of ether oxygens (including phenoxy) is 3. The highest BCUT2D eigenvalue weighted by Gasteiger charge is 2.14. The summed E-state index contributed by atoms with van der Waals surface area (Å²) >= 11 is 0. The summed E-state index contributed by atoms with van der Waals surface area (Å²) in [6.07, 6.45) is 4.51. The summed E-state index contributed by atoms with van der Waals surface area (Å²) in [5.74, 6) is -0.735. The molecule has 8 nitrogen and oxygen atoms in total. The molecule has 1 heterocycles. The van der Waals surface area contributed by atoms with Crippen LogP contribution in [-0.4, -0.2) is 31.1 Å². The van der Waals surface area contributed by atoms with E-state index in [1.807, 2.05) is 18.2 Å². The van der Waals surface area contributed by atoms with Crippen LogP contribution in [0, 0.1) is 0 Å². The Hall–Kier alpha value is -4.46. The van der Waals surface area contributed by atoms with E-state index in [0.29, 0.717) is 59.5 Å². The SMILES string of the molecule is C=C(C)C(=O)OCCCCc1cc(CCCCOC(=O)C(=C)C)c2oc(=O)c(-c3ccc(OC(=O)CC)cc3)cc2c1. The van der Waals surface area contributed by atoms with Gasteiger partial charge in [0, 0.05) is 23.0 Å². The molecular formula is C34H38O8. The molecule has 0 aliphatic carbocycles. The van der Waals surface area contributed by atoms with Crippen LogP contribution < -0.4 is 10.4 Å². The van der Waals surface area contributed by atoms with Crippen molar-refractivity contribution in [2.24, 2.45) is 0 Å². The van der Waals surface area contributed by atoms with E-state index in [0.717, 1.165) is 35.8 Å². The van der Waals surface area contributed by atoms with Crippen LogP contribution in [-0.2, 0) is 36.7 Å². The van der Waals surface area contributed by atoms with Gasteiger partial charge in [0.15, 0.2) is 0 Å². The zero-order valence-electron chi connectivity index (χ0n) is 24.6. The van der Waals surface area contributed by atoms with Gasteiger partial charge in [-0.3, -0.25) is 4.79 Å². The molecule has 0 saturated heterocycles. The van der Waals surface area contributed by atoms with E-state index >= 15 is 0 Å². The van der Waals surface area contributed by atoms with Crippen LogP contribution in [0.2, 0.25) is 0 Å². The van der Waals surface area contributed by atoms with Crippen LogP contribution in [0.15, 0.2) is 76.0 Å². The lowest BCUT2D eigenvalue weighted by molar-refractivity contribution is -0.139. The number of carbonyl (C=O) groups excluding carboxylic acids is 3. The molecule has 0 fully saturated rings. The van der Waals surface area contributed by atoms with Gasteiger partial charge in [0.1, 0.15) is 11.3 Å². The van der Waals surface area contributed by atoms with E-state index in [2.05, 4.69) is 13.2 Å². The van der Waals surface area contributed by atoms with Crippen molar-refractivity contribution in [3.8, 4) is 16.9 Å². The molecule has 0 bridgehead atoms. The maximum atomic E-state index is 13.1. The monoisotopic (exact) mass is 574 g/mol. The predicted molar refractivity (Wildman–Crippen MR) is 161 cm³/mol. The molecule has 0 spiro atoms. The van der Waals surface area contributed by atoms with Crippen molar-refractivity contribution in [2.45, 2.75) is 65.7 Å². The molecule has 1 aromatic heterocycles. The highest BCUT2D eigenvalue weighted by atomic mass is 16.5. The fourth-order valence-corrected chi connectivity index (χ4v) is 4.24. The smallest absolute Gasteiger partial charge is 0.344 e.